The molecule has 2 aliphatic rings. The molecular formula is C13H22O3S2. The highest BCUT2D eigenvalue weighted by Gasteiger charge is 2.47. The summed E-state index contributed by atoms with van der Waals surface area (Å²) in [6, 6.07) is 0. The van der Waals surface area contributed by atoms with E-state index >= 15 is 0 Å². The van der Waals surface area contributed by atoms with Gasteiger partial charge in [-0.05, 0) is 44.6 Å². The SMILES string of the molecule is COC(=O)C[C@H]1CC2(CC(C)(C)O1)SCCCS2. The summed E-state index contributed by atoms with van der Waals surface area (Å²) in [6.07, 6.45) is 3.69. The third-order valence-corrected chi connectivity index (χ3v) is 6.73. The first-order valence-corrected chi connectivity index (χ1v) is 8.44. The smallest absolute Gasteiger partial charge is 0.308 e. The van der Waals surface area contributed by atoms with Gasteiger partial charge in [-0.25, -0.2) is 0 Å². The second-order valence-corrected chi connectivity index (χ2v) is 8.84. The second-order valence-electron chi connectivity index (χ2n) is 5.62. The fraction of sp³-hybridized carbons (Fsp3) is 0.923. The molecule has 0 N–H and O–H groups in total. The summed E-state index contributed by atoms with van der Waals surface area (Å²) in [4.78, 5) is 11.4. The van der Waals surface area contributed by atoms with E-state index in [0.29, 0.717) is 6.42 Å². The van der Waals surface area contributed by atoms with Crippen molar-refractivity contribution in [3.63, 3.8) is 0 Å². The van der Waals surface area contributed by atoms with E-state index in [1.165, 1.54) is 25.0 Å². The molecule has 3 nitrogen and oxygen atoms in total. The van der Waals surface area contributed by atoms with Crippen LogP contribution >= 0.6 is 23.5 Å². The molecule has 18 heavy (non-hydrogen) atoms. The van der Waals surface area contributed by atoms with Crippen LogP contribution in [-0.4, -0.2) is 40.4 Å². The van der Waals surface area contributed by atoms with Crippen molar-refractivity contribution in [2.45, 2.75) is 55.3 Å². The molecule has 2 heterocycles. The second kappa shape index (κ2) is 5.63. The molecule has 0 aromatic carbocycles. The van der Waals surface area contributed by atoms with Crippen molar-refractivity contribution >= 4 is 29.5 Å². The van der Waals surface area contributed by atoms with Crippen LogP contribution in [0.5, 0.6) is 0 Å². The minimum atomic E-state index is -0.168. The summed E-state index contributed by atoms with van der Waals surface area (Å²) < 4.78 is 11.1. The van der Waals surface area contributed by atoms with Gasteiger partial charge in [0.2, 0.25) is 0 Å². The lowest BCUT2D eigenvalue weighted by Crippen LogP contribution is -2.48. The maximum Gasteiger partial charge on any atom is 0.308 e. The fourth-order valence-electron chi connectivity index (χ4n) is 2.82. The third-order valence-electron chi connectivity index (χ3n) is 3.36. The summed E-state index contributed by atoms with van der Waals surface area (Å²) in [6.45, 7) is 4.27. The number of methoxy groups -OCH3 is 1. The Kier molecular flexibility index (Phi) is 4.55. The Hall–Kier alpha value is 0.130. The van der Waals surface area contributed by atoms with Gasteiger partial charge in [0.15, 0.2) is 0 Å². The highest BCUT2D eigenvalue weighted by molar-refractivity contribution is 8.18. The fourth-order valence-corrected chi connectivity index (χ4v) is 6.67. The Morgan fingerprint density at radius 2 is 2.06 bits per heavy atom. The van der Waals surface area contributed by atoms with Crippen LogP contribution in [0, 0.1) is 0 Å². The molecule has 0 aromatic rings. The molecule has 2 fully saturated rings. The zero-order valence-electron chi connectivity index (χ0n) is 11.4. The highest BCUT2D eigenvalue weighted by Crippen LogP contribution is 2.54. The predicted molar refractivity (Wildman–Crippen MR) is 77.1 cm³/mol. The van der Waals surface area contributed by atoms with Crippen molar-refractivity contribution in [1.82, 2.24) is 0 Å². The van der Waals surface area contributed by atoms with Crippen LogP contribution in [0.25, 0.3) is 0 Å². The average molecular weight is 290 g/mol. The van der Waals surface area contributed by atoms with Gasteiger partial charge in [0.25, 0.3) is 0 Å². The van der Waals surface area contributed by atoms with Gasteiger partial charge in [0.1, 0.15) is 0 Å². The van der Waals surface area contributed by atoms with Gasteiger partial charge in [-0.3, -0.25) is 4.79 Å². The molecule has 0 bridgehead atoms. The summed E-state index contributed by atoms with van der Waals surface area (Å²) in [7, 11) is 1.44. The number of hydrogen-bond donors (Lipinski definition) is 0. The lowest BCUT2D eigenvalue weighted by molar-refractivity contribution is -0.152. The molecule has 1 atom stereocenters. The van der Waals surface area contributed by atoms with Gasteiger partial charge in [0.05, 0.1) is 29.3 Å². The Morgan fingerprint density at radius 1 is 1.39 bits per heavy atom. The van der Waals surface area contributed by atoms with Crippen LogP contribution in [0.1, 0.15) is 39.5 Å². The predicted octanol–water partition coefficient (Wildman–Crippen LogP) is 3.07. The topological polar surface area (TPSA) is 35.5 Å². The monoisotopic (exact) mass is 290 g/mol. The molecule has 0 aromatic heterocycles. The maximum absolute atomic E-state index is 11.4. The average Bonchev–Trinajstić information content (AvgIpc) is 2.27. The lowest BCUT2D eigenvalue weighted by atomic mass is 9.93. The number of esters is 1. The van der Waals surface area contributed by atoms with Crippen LogP contribution in [0.3, 0.4) is 0 Å². The number of rotatable bonds is 2. The van der Waals surface area contributed by atoms with E-state index in [9.17, 15) is 4.79 Å². The van der Waals surface area contributed by atoms with Gasteiger partial charge in [-0.1, -0.05) is 0 Å². The summed E-state index contributed by atoms with van der Waals surface area (Å²) >= 11 is 4.12. The normalized spacial score (nSPS) is 30.1. The number of ether oxygens (including phenoxy) is 2. The summed E-state index contributed by atoms with van der Waals surface area (Å²) in [5.74, 6) is 2.29. The van der Waals surface area contributed by atoms with Crippen molar-refractivity contribution in [3.8, 4) is 0 Å². The molecule has 104 valence electrons. The molecule has 0 radical (unpaired) electrons. The van der Waals surface area contributed by atoms with E-state index in [-0.39, 0.29) is 21.8 Å². The zero-order valence-corrected chi connectivity index (χ0v) is 13.0. The Labute approximate surface area is 118 Å². The Morgan fingerprint density at radius 3 is 2.67 bits per heavy atom. The summed E-state index contributed by atoms with van der Waals surface area (Å²) in [5.41, 5.74) is -0.145. The molecule has 2 rings (SSSR count). The van der Waals surface area contributed by atoms with Crippen molar-refractivity contribution in [3.05, 3.63) is 0 Å². The van der Waals surface area contributed by atoms with Gasteiger partial charge in [-0.2, -0.15) is 0 Å². The van der Waals surface area contributed by atoms with Crippen LogP contribution in [0.4, 0.5) is 0 Å². The van der Waals surface area contributed by atoms with Gasteiger partial charge < -0.3 is 9.47 Å². The first-order chi connectivity index (χ1) is 8.45. The van der Waals surface area contributed by atoms with Crippen LogP contribution in [0.15, 0.2) is 0 Å². The molecule has 2 aliphatic heterocycles. The van der Waals surface area contributed by atoms with Crippen molar-refractivity contribution < 1.29 is 14.3 Å². The van der Waals surface area contributed by atoms with Crippen LogP contribution in [-0.2, 0) is 14.3 Å². The highest BCUT2D eigenvalue weighted by atomic mass is 32.2. The standard InChI is InChI=1S/C13H22O3S2/c1-12(2)9-13(17-5-4-6-18-13)8-10(16-12)7-11(14)15-3/h10H,4-9H2,1-3H3/t10-/m0/s1. The first-order valence-electron chi connectivity index (χ1n) is 6.47. The van der Waals surface area contributed by atoms with E-state index in [4.69, 9.17) is 9.47 Å². The van der Waals surface area contributed by atoms with Crippen molar-refractivity contribution in [1.29, 1.82) is 0 Å². The zero-order chi connectivity index (χ0) is 13.2. The quantitative estimate of drug-likeness (QED) is 0.730. The van der Waals surface area contributed by atoms with E-state index in [1.54, 1.807) is 0 Å². The minimum Gasteiger partial charge on any atom is -0.469 e. The molecule has 0 aliphatic carbocycles. The number of thioether (sulfide) groups is 2. The molecule has 5 heteroatoms. The van der Waals surface area contributed by atoms with Gasteiger partial charge in [0, 0.05) is 0 Å². The van der Waals surface area contributed by atoms with E-state index in [1.807, 2.05) is 0 Å². The van der Waals surface area contributed by atoms with Crippen molar-refractivity contribution in [2.75, 3.05) is 18.6 Å². The Balaban J connectivity index is 2.06. The first kappa shape index (κ1) is 14.5. The third kappa shape index (κ3) is 3.58. The molecule has 0 amide bonds. The number of hydrogen-bond acceptors (Lipinski definition) is 5. The molecule has 1 spiro atoms. The van der Waals surface area contributed by atoms with E-state index in [2.05, 4.69) is 37.4 Å². The molecular weight excluding hydrogens is 268 g/mol. The number of carbonyl (C=O) groups excluding carboxylic acids is 1. The lowest BCUT2D eigenvalue weighted by Gasteiger charge is -2.49. The van der Waals surface area contributed by atoms with Gasteiger partial charge >= 0.3 is 5.97 Å². The minimum absolute atomic E-state index is 0.000648. The van der Waals surface area contributed by atoms with Gasteiger partial charge in [-0.15, -0.1) is 23.5 Å². The van der Waals surface area contributed by atoms with Crippen molar-refractivity contribution in [2.24, 2.45) is 0 Å². The molecule has 0 saturated carbocycles. The number of carbonyl (C=O) groups is 1. The summed E-state index contributed by atoms with van der Waals surface area (Å²) in [5, 5.41) is 0. The van der Waals surface area contributed by atoms with Crippen LogP contribution < -0.4 is 0 Å². The van der Waals surface area contributed by atoms with Crippen LogP contribution in [0.2, 0.25) is 0 Å². The maximum atomic E-state index is 11.4. The Bertz CT molecular complexity index is 311. The largest absolute Gasteiger partial charge is 0.469 e. The van der Waals surface area contributed by atoms with E-state index in [0.717, 1.165) is 12.8 Å². The molecule has 2 saturated heterocycles. The van der Waals surface area contributed by atoms with E-state index < -0.39 is 0 Å². The molecule has 0 unspecified atom stereocenters.